The van der Waals surface area contributed by atoms with Crippen molar-refractivity contribution in [3.05, 3.63) is 11.8 Å². The molecule has 0 aromatic rings. The highest BCUT2D eigenvalue weighted by atomic mass is 16.5. The summed E-state index contributed by atoms with van der Waals surface area (Å²) in [5.74, 6) is 1.25. The summed E-state index contributed by atoms with van der Waals surface area (Å²) < 4.78 is 5.98. The van der Waals surface area contributed by atoms with Gasteiger partial charge in [0.25, 0.3) is 0 Å². The van der Waals surface area contributed by atoms with Crippen molar-refractivity contribution >= 4 is 0 Å². The predicted octanol–water partition coefficient (Wildman–Crippen LogP) is 4.02. The Morgan fingerprint density at radius 1 is 1.28 bits per heavy atom. The summed E-state index contributed by atoms with van der Waals surface area (Å²) in [5.41, 5.74) is 0.457. The lowest BCUT2D eigenvalue weighted by atomic mass is 9.75. The van der Waals surface area contributed by atoms with Gasteiger partial charge in [-0.1, -0.05) is 26.7 Å². The fraction of sp³-hybridized carbons (Fsp3) is 0.875. The van der Waals surface area contributed by atoms with Crippen molar-refractivity contribution in [2.45, 2.75) is 71.3 Å². The first-order valence-electron chi connectivity index (χ1n) is 7.88. The van der Waals surface area contributed by atoms with Crippen molar-refractivity contribution < 1.29 is 4.74 Å². The third-order valence-corrected chi connectivity index (χ3v) is 4.76. The van der Waals surface area contributed by atoms with Crippen molar-refractivity contribution in [2.75, 3.05) is 13.2 Å². The van der Waals surface area contributed by atoms with Crippen LogP contribution in [0.2, 0.25) is 0 Å². The molecule has 2 heteroatoms. The molecule has 2 aliphatic rings. The third kappa shape index (κ3) is 2.90. The zero-order chi connectivity index (χ0) is 12.8. The number of rotatable bonds is 6. The Hall–Kier alpha value is -0.500. The normalized spacial score (nSPS) is 24.4. The number of hydrogen-bond acceptors (Lipinski definition) is 2. The second-order valence-electron chi connectivity index (χ2n) is 5.91. The van der Waals surface area contributed by atoms with Crippen LogP contribution < -0.4 is 5.32 Å². The van der Waals surface area contributed by atoms with Crippen LogP contribution in [0.5, 0.6) is 0 Å². The summed E-state index contributed by atoms with van der Waals surface area (Å²) in [6.45, 7) is 6.62. The maximum Gasteiger partial charge on any atom is 0.109 e. The Morgan fingerprint density at radius 3 is 2.61 bits per heavy atom. The molecule has 1 heterocycles. The van der Waals surface area contributed by atoms with E-state index in [-0.39, 0.29) is 0 Å². The standard InChI is InChI=1S/C16H29NO/c1-3-12-17-15(14-9-5-8-13-18-14)16(4-2)10-6-7-11-16/h9,15,17H,3-8,10-13H2,1-2H3. The van der Waals surface area contributed by atoms with Gasteiger partial charge in [-0.15, -0.1) is 0 Å². The lowest BCUT2D eigenvalue weighted by Gasteiger charge is -2.39. The van der Waals surface area contributed by atoms with E-state index in [0.717, 1.165) is 13.2 Å². The molecule has 0 aromatic heterocycles. The van der Waals surface area contributed by atoms with Crippen molar-refractivity contribution in [3.8, 4) is 0 Å². The monoisotopic (exact) mass is 251 g/mol. The molecule has 1 aliphatic carbocycles. The Bertz CT molecular complexity index is 279. The van der Waals surface area contributed by atoms with Gasteiger partial charge in [0, 0.05) is 0 Å². The first kappa shape index (κ1) is 13.9. The van der Waals surface area contributed by atoms with Gasteiger partial charge in [-0.05, 0) is 56.6 Å². The summed E-state index contributed by atoms with van der Waals surface area (Å²) in [6, 6.07) is 0.463. The lowest BCUT2D eigenvalue weighted by molar-refractivity contribution is 0.107. The minimum Gasteiger partial charge on any atom is -0.497 e. The van der Waals surface area contributed by atoms with Crippen LogP contribution in [-0.4, -0.2) is 19.2 Å². The van der Waals surface area contributed by atoms with E-state index in [9.17, 15) is 0 Å². The summed E-state index contributed by atoms with van der Waals surface area (Å²) in [6.07, 6.45) is 12.7. The van der Waals surface area contributed by atoms with E-state index in [1.54, 1.807) is 0 Å². The van der Waals surface area contributed by atoms with Crippen LogP contribution in [0, 0.1) is 5.41 Å². The predicted molar refractivity (Wildman–Crippen MR) is 76.5 cm³/mol. The molecule has 2 rings (SSSR count). The van der Waals surface area contributed by atoms with E-state index in [1.807, 2.05) is 0 Å². The van der Waals surface area contributed by atoms with Crippen molar-refractivity contribution in [2.24, 2.45) is 5.41 Å². The van der Waals surface area contributed by atoms with Gasteiger partial charge in [0.15, 0.2) is 0 Å². The second kappa shape index (κ2) is 6.60. The molecule has 1 unspecified atom stereocenters. The lowest BCUT2D eigenvalue weighted by Crippen LogP contribution is -2.46. The molecule has 0 radical (unpaired) electrons. The Morgan fingerprint density at radius 2 is 2.06 bits per heavy atom. The fourth-order valence-electron chi connectivity index (χ4n) is 3.61. The number of ether oxygens (including phenoxy) is 1. The van der Waals surface area contributed by atoms with Crippen molar-refractivity contribution in [1.82, 2.24) is 5.32 Å². The fourth-order valence-corrected chi connectivity index (χ4v) is 3.61. The largest absolute Gasteiger partial charge is 0.497 e. The minimum atomic E-state index is 0.457. The molecule has 0 saturated heterocycles. The van der Waals surface area contributed by atoms with Crippen LogP contribution in [0.15, 0.2) is 11.8 Å². The topological polar surface area (TPSA) is 21.3 Å². The Labute approximate surface area is 112 Å². The zero-order valence-electron chi connectivity index (χ0n) is 12.1. The highest BCUT2D eigenvalue weighted by molar-refractivity contribution is 5.13. The molecule has 1 atom stereocenters. The van der Waals surface area contributed by atoms with Gasteiger partial charge in [-0.3, -0.25) is 0 Å². The SMILES string of the molecule is CCCNC(C1=CCCCO1)C1(CC)CCCC1. The number of allylic oxidation sites excluding steroid dienone is 1. The molecule has 0 amide bonds. The van der Waals surface area contributed by atoms with Gasteiger partial charge in [0.1, 0.15) is 5.76 Å². The second-order valence-corrected chi connectivity index (χ2v) is 5.91. The van der Waals surface area contributed by atoms with Gasteiger partial charge >= 0.3 is 0 Å². The van der Waals surface area contributed by atoms with Gasteiger partial charge in [0.2, 0.25) is 0 Å². The molecule has 1 fully saturated rings. The first-order valence-corrected chi connectivity index (χ1v) is 7.88. The Kier molecular flexibility index (Phi) is 5.11. The molecule has 18 heavy (non-hydrogen) atoms. The molecule has 0 bridgehead atoms. The Balaban J connectivity index is 2.14. The zero-order valence-corrected chi connectivity index (χ0v) is 12.1. The van der Waals surface area contributed by atoms with Crippen LogP contribution in [0.1, 0.15) is 65.2 Å². The van der Waals surface area contributed by atoms with E-state index in [2.05, 4.69) is 25.2 Å². The van der Waals surface area contributed by atoms with Crippen LogP contribution in [0.4, 0.5) is 0 Å². The summed E-state index contributed by atoms with van der Waals surface area (Å²) in [4.78, 5) is 0. The average molecular weight is 251 g/mol. The molecule has 104 valence electrons. The van der Waals surface area contributed by atoms with Gasteiger partial charge in [-0.2, -0.15) is 0 Å². The van der Waals surface area contributed by atoms with Crippen LogP contribution in [0.25, 0.3) is 0 Å². The van der Waals surface area contributed by atoms with E-state index in [4.69, 9.17) is 4.74 Å². The molecular formula is C16H29NO. The molecule has 1 aliphatic heterocycles. The highest BCUT2D eigenvalue weighted by Gasteiger charge is 2.42. The quantitative estimate of drug-likeness (QED) is 0.770. The van der Waals surface area contributed by atoms with Crippen LogP contribution in [-0.2, 0) is 4.74 Å². The smallest absolute Gasteiger partial charge is 0.109 e. The van der Waals surface area contributed by atoms with E-state index < -0.39 is 0 Å². The minimum absolute atomic E-state index is 0.457. The molecular weight excluding hydrogens is 222 g/mol. The van der Waals surface area contributed by atoms with Gasteiger partial charge in [-0.25, -0.2) is 0 Å². The van der Waals surface area contributed by atoms with Crippen LogP contribution >= 0.6 is 0 Å². The third-order valence-electron chi connectivity index (χ3n) is 4.76. The van der Waals surface area contributed by atoms with Crippen molar-refractivity contribution in [3.63, 3.8) is 0 Å². The molecule has 0 spiro atoms. The highest BCUT2D eigenvalue weighted by Crippen LogP contribution is 2.46. The average Bonchev–Trinajstić information content (AvgIpc) is 2.90. The summed E-state index contributed by atoms with van der Waals surface area (Å²) in [5, 5.41) is 3.78. The van der Waals surface area contributed by atoms with E-state index in [0.29, 0.717) is 11.5 Å². The maximum absolute atomic E-state index is 5.98. The van der Waals surface area contributed by atoms with E-state index in [1.165, 1.54) is 57.1 Å². The first-order chi connectivity index (χ1) is 8.82. The summed E-state index contributed by atoms with van der Waals surface area (Å²) in [7, 11) is 0. The molecule has 0 aromatic carbocycles. The van der Waals surface area contributed by atoms with Crippen LogP contribution in [0.3, 0.4) is 0 Å². The molecule has 2 nitrogen and oxygen atoms in total. The maximum atomic E-state index is 5.98. The van der Waals surface area contributed by atoms with Crippen molar-refractivity contribution in [1.29, 1.82) is 0 Å². The molecule has 1 saturated carbocycles. The van der Waals surface area contributed by atoms with Gasteiger partial charge < -0.3 is 10.1 Å². The number of hydrogen-bond donors (Lipinski definition) is 1. The summed E-state index contributed by atoms with van der Waals surface area (Å²) >= 11 is 0. The van der Waals surface area contributed by atoms with E-state index >= 15 is 0 Å². The number of nitrogens with one attached hydrogen (secondary N) is 1. The van der Waals surface area contributed by atoms with Gasteiger partial charge in [0.05, 0.1) is 12.6 Å². The molecule has 1 N–H and O–H groups in total.